The van der Waals surface area contributed by atoms with E-state index in [-0.39, 0.29) is 30.1 Å². The van der Waals surface area contributed by atoms with E-state index in [0.29, 0.717) is 18.7 Å². The van der Waals surface area contributed by atoms with Crippen LogP contribution < -0.4 is 4.74 Å². The molecule has 1 amide bonds. The molecule has 152 valence electrons. The van der Waals surface area contributed by atoms with Crippen LogP contribution in [0.5, 0.6) is 5.75 Å². The number of likely N-dealkylation sites (N-methyl/N-ethyl adjacent to an activating group) is 1. The Kier molecular flexibility index (Phi) is 5.79. The zero-order chi connectivity index (χ0) is 20.5. The minimum absolute atomic E-state index is 0.0333. The first-order chi connectivity index (χ1) is 13.2. The van der Waals surface area contributed by atoms with Crippen molar-refractivity contribution in [3.63, 3.8) is 0 Å². The predicted octanol–water partition coefficient (Wildman–Crippen LogP) is 2.21. The standard InChI is InChI=1S/C20H27N3O4S/c1-14-7-5-6-8-19(14)27-12-20(24)22(4)11-18-15(2)21-23(16(18)3)17-9-10-28(25,26)13-17/h5-8,17H,9-13H2,1-4H3. The Morgan fingerprint density at radius 3 is 2.64 bits per heavy atom. The van der Waals surface area contributed by atoms with E-state index in [4.69, 9.17) is 4.74 Å². The lowest BCUT2D eigenvalue weighted by atomic mass is 10.1. The number of hydrogen-bond acceptors (Lipinski definition) is 5. The van der Waals surface area contributed by atoms with Gasteiger partial charge in [-0.3, -0.25) is 9.48 Å². The second-order valence-corrected chi connectivity index (χ2v) is 9.68. The van der Waals surface area contributed by atoms with Crippen molar-refractivity contribution in [2.45, 2.75) is 39.8 Å². The molecule has 0 spiro atoms. The highest BCUT2D eigenvalue weighted by Crippen LogP contribution is 2.27. The van der Waals surface area contributed by atoms with Gasteiger partial charge in [0.15, 0.2) is 16.4 Å². The Morgan fingerprint density at radius 1 is 1.29 bits per heavy atom. The molecule has 0 N–H and O–H groups in total. The smallest absolute Gasteiger partial charge is 0.260 e. The summed E-state index contributed by atoms with van der Waals surface area (Å²) in [5.41, 5.74) is 3.67. The molecule has 1 aromatic carbocycles. The molecule has 8 heteroatoms. The number of ether oxygens (including phenoxy) is 1. The SMILES string of the molecule is Cc1ccccc1OCC(=O)N(C)Cc1c(C)nn(C2CCS(=O)(=O)C2)c1C. The molecule has 2 aromatic rings. The van der Waals surface area contributed by atoms with Gasteiger partial charge >= 0.3 is 0 Å². The van der Waals surface area contributed by atoms with Gasteiger partial charge in [-0.1, -0.05) is 18.2 Å². The summed E-state index contributed by atoms with van der Waals surface area (Å²) in [5.74, 6) is 0.915. The second-order valence-electron chi connectivity index (χ2n) is 7.45. The van der Waals surface area contributed by atoms with E-state index in [1.54, 1.807) is 11.9 Å². The fourth-order valence-corrected chi connectivity index (χ4v) is 5.24. The maximum atomic E-state index is 12.5. The van der Waals surface area contributed by atoms with Crippen LogP contribution in [0.2, 0.25) is 0 Å². The number of para-hydroxylation sites is 1. The molecule has 0 bridgehead atoms. The number of hydrogen-bond donors (Lipinski definition) is 0. The first kappa shape index (κ1) is 20.4. The molecule has 0 saturated carbocycles. The van der Waals surface area contributed by atoms with Gasteiger partial charge in [0.05, 0.1) is 23.2 Å². The van der Waals surface area contributed by atoms with E-state index < -0.39 is 9.84 Å². The number of benzene rings is 1. The molecule has 1 aliphatic heterocycles. The maximum Gasteiger partial charge on any atom is 0.260 e. The third-order valence-corrected chi connectivity index (χ3v) is 7.05. The summed E-state index contributed by atoms with van der Waals surface area (Å²) in [4.78, 5) is 14.1. The molecule has 1 fully saturated rings. The Balaban J connectivity index is 1.66. The van der Waals surface area contributed by atoms with E-state index in [0.717, 1.165) is 22.5 Å². The van der Waals surface area contributed by atoms with Gasteiger partial charge in [-0.2, -0.15) is 5.10 Å². The summed E-state index contributed by atoms with van der Waals surface area (Å²) >= 11 is 0. The lowest BCUT2D eigenvalue weighted by Gasteiger charge is -2.19. The van der Waals surface area contributed by atoms with Crippen molar-refractivity contribution in [3.8, 4) is 5.75 Å². The fraction of sp³-hybridized carbons (Fsp3) is 0.500. The molecule has 1 aromatic heterocycles. The summed E-state index contributed by atoms with van der Waals surface area (Å²) in [6, 6.07) is 7.46. The number of aryl methyl sites for hydroxylation is 2. The van der Waals surface area contributed by atoms with E-state index >= 15 is 0 Å². The summed E-state index contributed by atoms with van der Waals surface area (Å²) in [6.45, 7) is 6.14. The monoisotopic (exact) mass is 405 g/mol. The highest BCUT2D eigenvalue weighted by Gasteiger charge is 2.31. The molecule has 2 heterocycles. The first-order valence-electron chi connectivity index (χ1n) is 9.35. The van der Waals surface area contributed by atoms with Crippen LogP contribution >= 0.6 is 0 Å². The molecule has 1 unspecified atom stereocenters. The largest absolute Gasteiger partial charge is 0.484 e. The Hall–Kier alpha value is -2.35. The van der Waals surface area contributed by atoms with Gasteiger partial charge in [-0.05, 0) is 38.8 Å². The molecule has 1 atom stereocenters. The van der Waals surface area contributed by atoms with E-state index in [1.807, 2.05) is 49.7 Å². The number of nitrogens with zero attached hydrogens (tertiary/aromatic N) is 3. The van der Waals surface area contributed by atoms with Gasteiger partial charge in [0.1, 0.15) is 5.75 Å². The molecule has 1 aliphatic rings. The topological polar surface area (TPSA) is 81.5 Å². The van der Waals surface area contributed by atoms with Crippen LogP contribution in [0.15, 0.2) is 24.3 Å². The summed E-state index contributed by atoms with van der Waals surface area (Å²) in [6.07, 6.45) is 0.586. The normalized spacial score (nSPS) is 18.2. The minimum Gasteiger partial charge on any atom is -0.484 e. The van der Waals surface area contributed by atoms with Crippen LogP contribution in [-0.2, 0) is 21.2 Å². The number of sulfone groups is 1. The lowest BCUT2D eigenvalue weighted by Crippen LogP contribution is -2.31. The Bertz CT molecular complexity index is 981. The van der Waals surface area contributed by atoms with Crippen molar-refractivity contribution >= 4 is 15.7 Å². The molecular weight excluding hydrogens is 378 g/mol. The van der Waals surface area contributed by atoms with E-state index in [1.165, 1.54) is 0 Å². The van der Waals surface area contributed by atoms with Crippen molar-refractivity contribution in [3.05, 3.63) is 46.8 Å². The molecule has 0 radical (unpaired) electrons. The average molecular weight is 406 g/mol. The van der Waals surface area contributed by atoms with Crippen LogP contribution in [0, 0.1) is 20.8 Å². The molecule has 1 saturated heterocycles. The number of carbonyl (C=O) groups is 1. The molecule has 0 aliphatic carbocycles. The summed E-state index contributed by atoms with van der Waals surface area (Å²) < 4.78 is 31.0. The van der Waals surface area contributed by atoms with Crippen molar-refractivity contribution in [1.82, 2.24) is 14.7 Å². The molecule has 28 heavy (non-hydrogen) atoms. The van der Waals surface area contributed by atoms with Gasteiger partial charge in [-0.25, -0.2) is 8.42 Å². The molecule has 3 rings (SSSR count). The second kappa shape index (κ2) is 7.95. The number of rotatable bonds is 6. The van der Waals surface area contributed by atoms with Crippen LogP contribution in [0.1, 0.15) is 35.0 Å². The van der Waals surface area contributed by atoms with E-state index in [9.17, 15) is 13.2 Å². The van der Waals surface area contributed by atoms with Gasteiger partial charge in [0.25, 0.3) is 5.91 Å². The van der Waals surface area contributed by atoms with Gasteiger partial charge in [-0.15, -0.1) is 0 Å². The van der Waals surface area contributed by atoms with Gasteiger partial charge < -0.3 is 9.64 Å². The third kappa shape index (κ3) is 4.38. The number of carbonyl (C=O) groups excluding carboxylic acids is 1. The summed E-state index contributed by atoms with van der Waals surface area (Å²) in [5, 5.41) is 4.56. The van der Waals surface area contributed by atoms with Crippen LogP contribution in [0.4, 0.5) is 0 Å². The third-order valence-electron chi connectivity index (χ3n) is 5.29. The molecular formula is C20H27N3O4S. The highest BCUT2D eigenvalue weighted by atomic mass is 32.2. The summed E-state index contributed by atoms with van der Waals surface area (Å²) in [7, 11) is -1.24. The van der Waals surface area contributed by atoms with E-state index in [2.05, 4.69) is 5.10 Å². The van der Waals surface area contributed by atoms with Gasteiger partial charge in [0, 0.05) is 24.8 Å². The molecule has 7 nitrogen and oxygen atoms in total. The van der Waals surface area contributed by atoms with Crippen LogP contribution in [0.3, 0.4) is 0 Å². The first-order valence-corrected chi connectivity index (χ1v) is 11.2. The number of amides is 1. The zero-order valence-electron chi connectivity index (χ0n) is 16.8. The van der Waals surface area contributed by atoms with Crippen molar-refractivity contribution < 1.29 is 17.9 Å². The minimum atomic E-state index is -2.98. The Labute approximate surface area is 166 Å². The van der Waals surface area contributed by atoms with Crippen molar-refractivity contribution in [2.75, 3.05) is 25.2 Å². The fourth-order valence-electron chi connectivity index (χ4n) is 3.54. The van der Waals surface area contributed by atoms with Crippen molar-refractivity contribution in [1.29, 1.82) is 0 Å². The average Bonchev–Trinajstić information content (AvgIpc) is 3.14. The lowest BCUT2D eigenvalue weighted by molar-refractivity contribution is -0.132. The predicted molar refractivity (Wildman–Crippen MR) is 107 cm³/mol. The van der Waals surface area contributed by atoms with Crippen molar-refractivity contribution in [2.24, 2.45) is 0 Å². The highest BCUT2D eigenvalue weighted by molar-refractivity contribution is 7.91. The zero-order valence-corrected chi connectivity index (χ0v) is 17.6. The number of aromatic nitrogens is 2. The Morgan fingerprint density at radius 2 is 2.00 bits per heavy atom. The van der Waals surface area contributed by atoms with Crippen LogP contribution in [-0.4, -0.2) is 54.2 Å². The van der Waals surface area contributed by atoms with Gasteiger partial charge in [0.2, 0.25) is 0 Å². The maximum absolute atomic E-state index is 12.5. The van der Waals surface area contributed by atoms with Crippen LogP contribution in [0.25, 0.3) is 0 Å². The quantitative estimate of drug-likeness (QED) is 0.736.